The number of hydrogen-bond donors (Lipinski definition) is 1. The van der Waals surface area contributed by atoms with Crippen molar-refractivity contribution in [3.63, 3.8) is 0 Å². The van der Waals surface area contributed by atoms with Gasteiger partial charge in [0.05, 0.1) is 12.8 Å². The van der Waals surface area contributed by atoms with Crippen LogP contribution < -0.4 is 15.4 Å². The van der Waals surface area contributed by atoms with Crippen LogP contribution in [-0.4, -0.2) is 37.0 Å². The second-order valence-electron chi connectivity index (χ2n) is 7.01. The number of hydrogen-bond acceptors (Lipinski definition) is 5. The van der Waals surface area contributed by atoms with Crippen LogP contribution in [0.3, 0.4) is 0 Å². The first-order chi connectivity index (χ1) is 11.6. The van der Waals surface area contributed by atoms with Crippen molar-refractivity contribution in [1.29, 1.82) is 0 Å². The Kier molecular flexibility index (Phi) is 5.35. The molecular weight excluding hydrogens is 324 g/mol. The largest absolute Gasteiger partial charge is 0.497 e. The van der Waals surface area contributed by atoms with E-state index in [0.29, 0.717) is 24.3 Å². The van der Waals surface area contributed by atoms with Crippen LogP contribution in [0.25, 0.3) is 0 Å². The van der Waals surface area contributed by atoms with Crippen molar-refractivity contribution in [3.05, 3.63) is 23.8 Å². The lowest BCUT2D eigenvalue weighted by Crippen LogP contribution is -2.44. The summed E-state index contributed by atoms with van der Waals surface area (Å²) >= 11 is 0. The zero-order valence-electron chi connectivity index (χ0n) is 15.0. The Morgan fingerprint density at radius 2 is 2.00 bits per heavy atom. The van der Waals surface area contributed by atoms with Gasteiger partial charge in [0.1, 0.15) is 23.8 Å². The number of benzene rings is 1. The van der Waals surface area contributed by atoms with E-state index in [1.165, 1.54) is 12.0 Å². The van der Waals surface area contributed by atoms with E-state index < -0.39 is 29.3 Å². The fourth-order valence-electron chi connectivity index (χ4n) is 2.77. The lowest BCUT2D eigenvalue weighted by atomic mass is 10.00. The summed E-state index contributed by atoms with van der Waals surface area (Å²) in [6.45, 7) is 4.92. The number of carbonyl (C=O) groups excluding carboxylic acids is 3. The molecule has 2 N–H and O–H groups in total. The van der Waals surface area contributed by atoms with Gasteiger partial charge in [-0.2, -0.15) is 0 Å². The number of nitrogens with two attached hydrogens (primary N) is 1. The van der Waals surface area contributed by atoms with Crippen molar-refractivity contribution in [1.82, 2.24) is 0 Å². The third-order valence-electron chi connectivity index (χ3n) is 3.85. The van der Waals surface area contributed by atoms with Crippen molar-refractivity contribution in [2.45, 2.75) is 39.2 Å². The summed E-state index contributed by atoms with van der Waals surface area (Å²) in [5, 5.41) is 0. The van der Waals surface area contributed by atoms with Gasteiger partial charge in [-0.15, -0.1) is 0 Å². The number of methoxy groups -OCH3 is 1. The van der Waals surface area contributed by atoms with Crippen LogP contribution in [0.5, 0.6) is 5.75 Å². The molecule has 0 saturated carbocycles. The third kappa shape index (κ3) is 4.49. The quantitative estimate of drug-likeness (QED) is 0.655. The van der Waals surface area contributed by atoms with Gasteiger partial charge in [-0.05, 0) is 45.2 Å². The second-order valence-corrected chi connectivity index (χ2v) is 7.01. The monoisotopic (exact) mass is 348 g/mol. The fourth-order valence-corrected chi connectivity index (χ4v) is 2.77. The number of anilines is 1. The molecule has 1 aliphatic rings. The molecule has 0 saturated heterocycles. The molecule has 1 atom stereocenters. The smallest absolute Gasteiger partial charge is 0.319 e. The molecule has 0 bridgehead atoms. The highest BCUT2D eigenvalue weighted by Gasteiger charge is 2.38. The van der Waals surface area contributed by atoms with E-state index in [4.69, 9.17) is 15.2 Å². The highest BCUT2D eigenvalue weighted by atomic mass is 16.6. The van der Waals surface area contributed by atoms with Crippen LogP contribution in [0.4, 0.5) is 5.69 Å². The zero-order chi connectivity index (χ0) is 18.8. The van der Waals surface area contributed by atoms with Gasteiger partial charge in [-0.25, -0.2) is 0 Å². The molecule has 1 aromatic carbocycles. The van der Waals surface area contributed by atoms with Gasteiger partial charge in [0.2, 0.25) is 11.8 Å². The van der Waals surface area contributed by atoms with E-state index in [1.54, 1.807) is 32.9 Å². The maximum Gasteiger partial charge on any atom is 0.319 e. The van der Waals surface area contributed by atoms with Gasteiger partial charge >= 0.3 is 5.97 Å². The highest BCUT2D eigenvalue weighted by Crippen LogP contribution is 2.33. The molecule has 7 heteroatoms. The minimum absolute atomic E-state index is 0.307. The summed E-state index contributed by atoms with van der Waals surface area (Å²) in [5.74, 6) is -2.16. The minimum Gasteiger partial charge on any atom is -0.497 e. The molecule has 1 aliphatic heterocycles. The average molecular weight is 348 g/mol. The van der Waals surface area contributed by atoms with E-state index in [2.05, 4.69) is 0 Å². The Morgan fingerprint density at radius 3 is 2.56 bits per heavy atom. The van der Waals surface area contributed by atoms with E-state index >= 15 is 0 Å². The third-order valence-corrected chi connectivity index (χ3v) is 3.85. The Hall–Kier alpha value is -2.57. The standard InChI is InChI=1S/C18H24N2O5/c1-18(2,3)25-17(23)13-8-6-11-5-7-12(24-4)9-14(11)20(16(13)22)10-15(19)21/h5,7,9,13H,6,8,10H2,1-4H3,(H2,19,21)/t13-/m1/s1. The van der Waals surface area contributed by atoms with Crippen LogP contribution in [0.2, 0.25) is 0 Å². The molecule has 0 unspecified atom stereocenters. The summed E-state index contributed by atoms with van der Waals surface area (Å²) in [7, 11) is 1.52. The van der Waals surface area contributed by atoms with Crippen molar-refractivity contribution >= 4 is 23.5 Å². The average Bonchev–Trinajstić information content (AvgIpc) is 2.63. The summed E-state index contributed by atoms with van der Waals surface area (Å²) in [6, 6.07) is 5.28. The van der Waals surface area contributed by atoms with Crippen LogP contribution in [0.15, 0.2) is 18.2 Å². The van der Waals surface area contributed by atoms with E-state index in [1.807, 2.05) is 6.07 Å². The molecular formula is C18H24N2O5. The minimum atomic E-state index is -0.975. The number of rotatable bonds is 4. The molecule has 1 aromatic rings. The Labute approximate surface area is 147 Å². The van der Waals surface area contributed by atoms with Crippen molar-refractivity contribution in [2.75, 3.05) is 18.6 Å². The molecule has 0 radical (unpaired) electrons. The van der Waals surface area contributed by atoms with Crippen molar-refractivity contribution < 1.29 is 23.9 Å². The number of carbonyl (C=O) groups is 3. The SMILES string of the molecule is COc1ccc2c(c1)N(CC(N)=O)C(=O)[C@H](C(=O)OC(C)(C)C)CC2. The number of nitrogens with zero attached hydrogens (tertiary/aromatic N) is 1. The summed E-state index contributed by atoms with van der Waals surface area (Å²) in [4.78, 5) is 38.1. The normalized spacial score (nSPS) is 17.5. The number of aryl methyl sites for hydroxylation is 1. The molecule has 0 fully saturated rings. The van der Waals surface area contributed by atoms with E-state index in [9.17, 15) is 14.4 Å². The number of esters is 1. The number of primary amides is 1. The number of ether oxygens (including phenoxy) is 2. The predicted octanol–water partition coefficient (Wildman–Crippen LogP) is 1.42. The van der Waals surface area contributed by atoms with Gasteiger partial charge in [-0.1, -0.05) is 6.07 Å². The molecule has 0 spiro atoms. The highest BCUT2D eigenvalue weighted by molar-refractivity contribution is 6.09. The molecule has 25 heavy (non-hydrogen) atoms. The van der Waals surface area contributed by atoms with Crippen LogP contribution >= 0.6 is 0 Å². The summed E-state index contributed by atoms with van der Waals surface area (Å²) < 4.78 is 10.6. The maximum atomic E-state index is 12.9. The molecule has 136 valence electrons. The fraction of sp³-hybridized carbons (Fsp3) is 0.500. The van der Waals surface area contributed by atoms with E-state index in [0.717, 1.165) is 5.56 Å². The second kappa shape index (κ2) is 7.13. The Morgan fingerprint density at radius 1 is 1.32 bits per heavy atom. The van der Waals surface area contributed by atoms with Gasteiger partial charge in [0, 0.05) is 6.07 Å². The van der Waals surface area contributed by atoms with Crippen LogP contribution in [-0.2, 0) is 25.5 Å². The topological polar surface area (TPSA) is 98.9 Å². The molecule has 7 nitrogen and oxygen atoms in total. The van der Waals surface area contributed by atoms with Gasteiger partial charge in [0.15, 0.2) is 0 Å². The van der Waals surface area contributed by atoms with E-state index in [-0.39, 0.29) is 6.54 Å². The summed E-state index contributed by atoms with van der Waals surface area (Å²) in [6.07, 6.45) is 0.812. The van der Waals surface area contributed by atoms with Gasteiger partial charge < -0.3 is 20.1 Å². The molecule has 0 aromatic heterocycles. The first kappa shape index (κ1) is 18.8. The molecule has 1 heterocycles. The molecule has 0 aliphatic carbocycles. The van der Waals surface area contributed by atoms with Crippen LogP contribution in [0, 0.1) is 5.92 Å². The first-order valence-corrected chi connectivity index (χ1v) is 8.12. The Bertz CT molecular complexity index is 693. The lowest BCUT2D eigenvalue weighted by Gasteiger charge is -2.26. The Balaban J connectivity index is 2.41. The van der Waals surface area contributed by atoms with Crippen LogP contribution in [0.1, 0.15) is 32.8 Å². The maximum absolute atomic E-state index is 12.9. The van der Waals surface area contributed by atoms with Gasteiger partial charge in [-0.3, -0.25) is 14.4 Å². The van der Waals surface area contributed by atoms with Gasteiger partial charge in [0.25, 0.3) is 0 Å². The van der Waals surface area contributed by atoms with Crippen molar-refractivity contribution in [3.8, 4) is 5.75 Å². The molecule has 2 amide bonds. The molecule has 2 rings (SSSR count). The first-order valence-electron chi connectivity index (χ1n) is 8.12. The number of fused-ring (bicyclic) bond motifs is 1. The lowest BCUT2D eigenvalue weighted by molar-refractivity contribution is -0.162. The number of amides is 2. The summed E-state index contributed by atoms with van der Waals surface area (Å²) in [5.41, 5.74) is 5.99. The zero-order valence-corrected chi connectivity index (χ0v) is 15.0. The predicted molar refractivity (Wildman–Crippen MR) is 92.2 cm³/mol. The van der Waals surface area contributed by atoms with Crippen molar-refractivity contribution in [2.24, 2.45) is 11.7 Å².